The first-order valence-electron chi connectivity index (χ1n) is 6.05. The molecule has 104 valence electrons. The number of amides is 1. The summed E-state index contributed by atoms with van der Waals surface area (Å²) in [6, 6.07) is 1.26. The quantitative estimate of drug-likeness (QED) is 0.621. The molecule has 0 radical (unpaired) electrons. The minimum atomic E-state index is -0.707. The summed E-state index contributed by atoms with van der Waals surface area (Å²) >= 11 is 0. The van der Waals surface area contributed by atoms with Crippen molar-refractivity contribution in [2.45, 2.75) is 31.9 Å². The van der Waals surface area contributed by atoms with E-state index in [1.807, 2.05) is 0 Å². The largest absolute Gasteiger partial charge is 0.390 e. The van der Waals surface area contributed by atoms with Crippen molar-refractivity contribution in [3.8, 4) is 0 Å². The number of piperidine rings is 1. The second-order valence-electron chi connectivity index (χ2n) is 5.01. The minimum Gasteiger partial charge on any atom is -0.390 e. The average Bonchev–Trinajstić information content (AvgIpc) is 2.77. The van der Waals surface area contributed by atoms with E-state index >= 15 is 0 Å². The first-order chi connectivity index (χ1) is 8.87. The molecule has 0 saturated carbocycles. The van der Waals surface area contributed by atoms with E-state index in [1.165, 1.54) is 16.9 Å². The van der Waals surface area contributed by atoms with Gasteiger partial charge in [0.2, 0.25) is 5.91 Å². The van der Waals surface area contributed by atoms with Crippen LogP contribution in [0.15, 0.2) is 12.3 Å². The number of likely N-dealkylation sites (tertiary alicyclic amines) is 1. The monoisotopic (exact) mass is 268 g/mol. The maximum absolute atomic E-state index is 12.0. The predicted molar refractivity (Wildman–Crippen MR) is 65.3 cm³/mol. The Labute approximate surface area is 109 Å². The van der Waals surface area contributed by atoms with E-state index in [9.17, 15) is 20.0 Å². The molecule has 1 amide bonds. The van der Waals surface area contributed by atoms with Crippen LogP contribution in [0.5, 0.6) is 0 Å². The van der Waals surface area contributed by atoms with E-state index in [0.29, 0.717) is 25.9 Å². The molecular weight excluding hydrogens is 252 g/mol. The Bertz CT molecular complexity index is 487. The van der Waals surface area contributed by atoms with Gasteiger partial charge in [0.1, 0.15) is 6.54 Å². The van der Waals surface area contributed by atoms with Gasteiger partial charge >= 0.3 is 5.82 Å². The number of carbonyl (C=O) groups excluding carboxylic acids is 1. The molecule has 0 aliphatic carbocycles. The van der Waals surface area contributed by atoms with Crippen LogP contribution in [0.3, 0.4) is 0 Å². The number of hydrogen-bond acceptors (Lipinski definition) is 5. The van der Waals surface area contributed by atoms with Gasteiger partial charge in [-0.05, 0) is 24.7 Å². The molecule has 1 N–H and O–H groups in total. The third kappa shape index (κ3) is 3.28. The normalized spacial score (nSPS) is 18.3. The Hall–Kier alpha value is -1.96. The van der Waals surface area contributed by atoms with Crippen LogP contribution in [0.4, 0.5) is 5.82 Å². The second-order valence-corrected chi connectivity index (χ2v) is 5.01. The summed E-state index contributed by atoms with van der Waals surface area (Å²) < 4.78 is 1.26. The Morgan fingerprint density at radius 3 is 2.74 bits per heavy atom. The molecule has 2 rings (SSSR count). The van der Waals surface area contributed by atoms with Crippen molar-refractivity contribution in [3.63, 3.8) is 0 Å². The van der Waals surface area contributed by atoms with Crippen LogP contribution in [0.2, 0.25) is 0 Å². The van der Waals surface area contributed by atoms with Gasteiger partial charge in [-0.25, -0.2) is 0 Å². The summed E-state index contributed by atoms with van der Waals surface area (Å²) in [7, 11) is 0. The lowest BCUT2D eigenvalue weighted by Gasteiger charge is -2.35. The van der Waals surface area contributed by atoms with E-state index in [2.05, 4.69) is 5.10 Å². The molecule has 0 bridgehead atoms. The minimum absolute atomic E-state index is 0.0179. The summed E-state index contributed by atoms with van der Waals surface area (Å²) in [5.41, 5.74) is -0.707. The van der Waals surface area contributed by atoms with E-state index in [4.69, 9.17) is 0 Å². The fourth-order valence-electron chi connectivity index (χ4n) is 2.01. The van der Waals surface area contributed by atoms with Crippen molar-refractivity contribution >= 4 is 11.7 Å². The van der Waals surface area contributed by atoms with Crippen LogP contribution in [-0.2, 0) is 11.3 Å². The van der Waals surface area contributed by atoms with E-state index in [0.717, 1.165) is 0 Å². The highest BCUT2D eigenvalue weighted by atomic mass is 16.6. The summed E-state index contributed by atoms with van der Waals surface area (Å²) in [5.74, 6) is -0.414. The lowest BCUT2D eigenvalue weighted by molar-refractivity contribution is -0.389. The Balaban J connectivity index is 1.92. The number of aromatic nitrogens is 2. The van der Waals surface area contributed by atoms with E-state index in [-0.39, 0.29) is 18.3 Å². The molecule has 8 heteroatoms. The molecule has 1 fully saturated rings. The summed E-state index contributed by atoms with van der Waals surface area (Å²) in [6.45, 7) is 2.73. The SMILES string of the molecule is CC1(O)CCN(C(=O)Cn2ccc([N+](=O)[O-])n2)CC1. The highest BCUT2D eigenvalue weighted by molar-refractivity contribution is 5.76. The van der Waals surface area contributed by atoms with Crippen molar-refractivity contribution in [1.82, 2.24) is 14.7 Å². The Morgan fingerprint density at radius 2 is 2.21 bits per heavy atom. The van der Waals surface area contributed by atoms with Crippen LogP contribution in [0.25, 0.3) is 0 Å². The van der Waals surface area contributed by atoms with E-state index < -0.39 is 10.5 Å². The van der Waals surface area contributed by atoms with Gasteiger partial charge < -0.3 is 20.1 Å². The Kier molecular flexibility index (Phi) is 3.52. The molecule has 2 heterocycles. The fourth-order valence-corrected chi connectivity index (χ4v) is 2.01. The van der Waals surface area contributed by atoms with Crippen LogP contribution < -0.4 is 0 Å². The lowest BCUT2D eigenvalue weighted by Crippen LogP contribution is -2.46. The van der Waals surface area contributed by atoms with Crippen LogP contribution in [-0.4, -0.2) is 49.3 Å². The molecule has 0 unspecified atom stereocenters. The number of nitro groups is 1. The van der Waals surface area contributed by atoms with Gasteiger partial charge in [-0.2, -0.15) is 4.68 Å². The molecule has 19 heavy (non-hydrogen) atoms. The molecule has 0 spiro atoms. The third-order valence-corrected chi connectivity index (χ3v) is 3.30. The molecule has 0 atom stereocenters. The first kappa shape index (κ1) is 13.5. The lowest BCUT2D eigenvalue weighted by atomic mass is 9.94. The zero-order chi connectivity index (χ0) is 14.0. The topological polar surface area (TPSA) is 102 Å². The number of hydrogen-bond donors (Lipinski definition) is 1. The molecule has 1 aliphatic heterocycles. The maximum Gasteiger partial charge on any atom is 0.389 e. The van der Waals surface area contributed by atoms with Gasteiger partial charge in [-0.1, -0.05) is 0 Å². The van der Waals surface area contributed by atoms with Crippen LogP contribution >= 0.6 is 0 Å². The molecular formula is C11H16N4O4. The number of aliphatic hydroxyl groups is 1. The zero-order valence-corrected chi connectivity index (χ0v) is 10.7. The van der Waals surface area contributed by atoms with Gasteiger partial charge in [-0.15, -0.1) is 0 Å². The predicted octanol–water partition coefficient (Wildman–Crippen LogP) is 0.165. The Morgan fingerprint density at radius 1 is 1.58 bits per heavy atom. The van der Waals surface area contributed by atoms with E-state index in [1.54, 1.807) is 11.8 Å². The number of carbonyl (C=O) groups is 1. The van der Waals surface area contributed by atoms with Crippen LogP contribution in [0, 0.1) is 10.1 Å². The standard InChI is InChI=1S/C11H16N4O4/c1-11(17)3-6-13(7-4-11)10(16)8-14-5-2-9(12-14)15(18)19/h2,5,17H,3-4,6-8H2,1H3. The van der Waals surface area contributed by atoms with Gasteiger partial charge in [0, 0.05) is 13.1 Å². The third-order valence-electron chi connectivity index (χ3n) is 3.30. The smallest absolute Gasteiger partial charge is 0.389 e. The molecule has 1 saturated heterocycles. The highest BCUT2D eigenvalue weighted by Crippen LogP contribution is 2.21. The van der Waals surface area contributed by atoms with Gasteiger partial charge in [0.15, 0.2) is 0 Å². The molecule has 1 aliphatic rings. The van der Waals surface area contributed by atoms with Gasteiger partial charge in [0.05, 0.1) is 23.0 Å². The summed E-state index contributed by atoms with van der Waals surface area (Å²) in [5, 5.41) is 24.0. The van der Waals surface area contributed by atoms with Crippen molar-refractivity contribution < 1.29 is 14.8 Å². The molecule has 8 nitrogen and oxygen atoms in total. The summed E-state index contributed by atoms with van der Waals surface area (Å²) in [4.78, 5) is 23.5. The van der Waals surface area contributed by atoms with Gasteiger partial charge in [0.25, 0.3) is 0 Å². The first-order valence-corrected chi connectivity index (χ1v) is 6.05. The van der Waals surface area contributed by atoms with Crippen molar-refractivity contribution in [1.29, 1.82) is 0 Å². The van der Waals surface area contributed by atoms with Gasteiger partial charge in [-0.3, -0.25) is 4.79 Å². The molecule has 0 aromatic carbocycles. The van der Waals surface area contributed by atoms with Crippen molar-refractivity contribution in [2.24, 2.45) is 0 Å². The number of nitrogens with zero attached hydrogens (tertiary/aromatic N) is 4. The highest BCUT2D eigenvalue weighted by Gasteiger charge is 2.30. The summed E-state index contributed by atoms with van der Waals surface area (Å²) in [6.07, 6.45) is 2.49. The maximum atomic E-state index is 12.0. The molecule has 1 aromatic heterocycles. The van der Waals surface area contributed by atoms with Crippen molar-refractivity contribution in [3.05, 3.63) is 22.4 Å². The fraction of sp³-hybridized carbons (Fsp3) is 0.636. The number of rotatable bonds is 3. The average molecular weight is 268 g/mol. The molecule has 1 aromatic rings. The van der Waals surface area contributed by atoms with Crippen molar-refractivity contribution in [2.75, 3.05) is 13.1 Å². The second kappa shape index (κ2) is 4.96. The zero-order valence-electron chi connectivity index (χ0n) is 10.7. The van der Waals surface area contributed by atoms with Crippen LogP contribution in [0.1, 0.15) is 19.8 Å².